The van der Waals surface area contributed by atoms with Crippen LogP contribution in [0.2, 0.25) is 0 Å². The van der Waals surface area contributed by atoms with Crippen molar-refractivity contribution >= 4 is 27.8 Å². The summed E-state index contributed by atoms with van der Waals surface area (Å²) in [4.78, 5) is 25.8. The number of amides is 1. The molecule has 1 aliphatic heterocycles. The van der Waals surface area contributed by atoms with E-state index in [0.717, 1.165) is 0 Å². The van der Waals surface area contributed by atoms with E-state index in [4.69, 9.17) is 9.15 Å². The van der Waals surface area contributed by atoms with E-state index in [2.05, 4.69) is 0 Å². The third-order valence-corrected chi connectivity index (χ3v) is 5.97. The van der Waals surface area contributed by atoms with Crippen LogP contribution in [0.25, 0.3) is 6.08 Å². The maximum Gasteiger partial charge on any atom is 0.331 e. The third-order valence-electron chi connectivity index (χ3n) is 4.22. The van der Waals surface area contributed by atoms with Crippen LogP contribution in [0.1, 0.15) is 32.4 Å². The van der Waals surface area contributed by atoms with Gasteiger partial charge in [0.15, 0.2) is 16.4 Å². The Morgan fingerprint density at radius 3 is 2.80 bits per heavy atom. The molecule has 0 aliphatic carbocycles. The molecule has 2 atom stereocenters. The van der Waals surface area contributed by atoms with Crippen molar-refractivity contribution in [1.82, 2.24) is 4.90 Å². The van der Waals surface area contributed by atoms with Gasteiger partial charge in [-0.25, -0.2) is 13.2 Å². The molecule has 25 heavy (non-hydrogen) atoms. The predicted molar refractivity (Wildman–Crippen MR) is 92.4 cm³/mol. The first-order chi connectivity index (χ1) is 11.8. The van der Waals surface area contributed by atoms with Gasteiger partial charge in [-0.05, 0) is 38.0 Å². The van der Waals surface area contributed by atoms with Gasteiger partial charge in [0, 0.05) is 18.2 Å². The normalized spacial score (nSPS) is 20.5. The fraction of sp³-hybridized carbons (Fsp3) is 0.529. The van der Waals surface area contributed by atoms with Crippen molar-refractivity contribution in [3.05, 3.63) is 30.2 Å². The molecule has 138 valence electrons. The summed E-state index contributed by atoms with van der Waals surface area (Å²) >= 11 is 0. The summed E-state index contributed by atoms with van der Waals surface area (Å²) in [6, 6.07) is 2.89. The Hall–Kier alpha value is -2.09. The highest BCUT2D eigenvalue weighted by atomic mass is 32.2. The molecule has 1 fully saturated rings. The van der Waals surface area contributed by atoms with Crippen LogP contribution in [0, 0.1) is 0 Å². The van der Waals surface area contributed by atoms with Gasteiger partial charge >= 0.3 is 5.97 Å². The van der Waals surface area contributed by atoms with Crippen molar-refractivity contribution < 1.29 is 27.2 Å². The summed E-state index contributed by atoms with van der Waals surface area (Å²) < 4.78 is 33.4. The smallest absolute Gasteiger partial charge is 0.331 e. The minimum absolute atomic E-state index is 0.0323. The Morgan fingerprint density at radius 2 is 2.24 bits per heavy atom. The van der Waals surface area contributed by atoms with Gasteiger partial charge in [0.1, 0.15) is 5.76 Å². The number of esters is 1. The minimum Gasteiger partial charge on any atom is -0.465 e. The first-order valence-electron chi connectivity index (χ1n) is 8.22. The van der Waals surface area contributed by atoms with Crippen LogP contribution in [0.4, 0.5) is 0 Å². The molecule has 1 aromatic heterocycles. The zero-order valence-corrected chi connectivity index (χ0v) is 15.2. The van der Waals surface area contributed by atoms with Gasteiger partial charge in [-0.2, -0.15) is 0 Å². The van der Waals surface area contributed by atoms with Crippen molar-refractivity contribution in [3.63, 3.8) is 0 Å². The van der Waals surface area contributed by atoms with Gasteiger partial charge in [0.25, 0.3) is 5.91 Å². The Kier molecular flexibility index (Phi) is 6.41. The first-order valence-corrected chi connectivity index (χ1v) is 10.0. The molecule has 1 aliphatic rings. The molecule has 1 aromatic rings. The van der Waals surface area contributed by atoms with Crippen LogP contribution in [0.5, 0.6) is 0 Å². The van der Waals surface area contributed by atoms with E-state index in [1.165, 1.54) is 18.4 Å². The molecule has 1 saturated heterocycles. The van der Waals surface area contributed by atoms with Crippen molar-refractivity contribution in [1.29, 1.82) is 0 Å². The number of carbonyl (C=O) groups excluding carboxylic acids is 2. The second-order valence-electron chi connectivity index (χ2n) is 6.07. The molecule has 1 amide bonds. The summed E-state index contributed by atoms with van der Waals surface area (Å²) in [5, 5.41) is 0. The highest BCUT2D eigenvalue weighted by molar-refractivity contribution is 7.91. The summed E-state index contributed by atoms with van der Waals surface area (Å²) in [5.74, 6) is -0.483. The highest BCUT2D eigenvalue weighted by Gasteiger charge is 2.36. The summed E-state index contributed by atoms with van der Waals surface area (Å²) in [5.41, 5.74) is 0. The number of nitrogens with zero attached hydrogens (tertiary/aromatic N) is 1. The third kappa shape index (κ3) is 5.45. The highest BCUT2D eigenvalue weighted by Crippen LogP contribution is 2.21. The van der Waals surface area contributed by atoms with Crippen LogP contribution in [-0.4, -0.2) is 55.4 Å². The second kappa shape index (κ2) is 8.33. The van der Waals surface area contributed by atoms with Crippen molar-refractivity contribution in [2.45, 2.75) is 38.8 Å². The minimum atomic E-state index is -3.10. The molecule has 0 unspecified atom stereocenters. The lowest BCUT2D eigenvalue weighted by Crippen LogP contribution is -2.48. The number of furan rings is 1. The van der Waals surface area contributed by atoms with Crippen LogP contribution in [-0.2, 0) is 24.2 Å². The molecule has 2 rings (SSSR count). The van der Waals surface area contributed by atoms with E-state index < -0.39 is 22.4 Å². The van der Waals surface area contributed by atoms with E-state index >= 15 is 0 Å². The lowest BCUT2D eigenvalue weighted by atomic mass is 10.1. The maximum absolute atomic E-state index is 12.5. The number of ether oxygens (including phenoxy) is 1. The average Bonchev–Trinajstić information content (AvgIpc) is 3.20. The molecule has 0 saturated carbocycles. The standard InChI is InChI=1S/C17H23NO6S/c1-3-13(2)18(14-8-10-25(21,22)12-14)16(19)11-24-17(20)7-6-15-5-4-9-23-15/h4-7,9,13-14H,3,8,10-12H2,1-2H3/b7-6+/t13-,14-/m0/s1. The van der Waals surface area contributed by atoms with Crippen molar-refractivity contribution in [2.24, 2.45) is 0 Å². The maximum atomic E-state index is 12.5. The van der Waals surface area contributed by atoms with Crippen molar-refractivity contribution in [3.8, 4) is 0 Å². The van der Waals surface area contributed by atoms with Crippen LogP contribution < -0.4 is 0 Å². The van der Waals surface area contributed by atoms with E-state index in [1.807, 2.05) is 13.8 Å². The van der Waals surface area contributed by atoms with Crippen LogP contribution in [0.3, 0.4) is 0 Å². The molecule has 0 N–H and O–H groups in total. The van der Waals surface area contributed by atoms with Gasteiger partial charge < -0.3 is 14.1 Å². The van der Waals surface area contributed by atoms with Crippen LogP contribution >= 0.6 is 0 Å². The van der Waals surface area contributed by atoms with E-state index in [9.17, 15) is 18.0 Å². The first kappa shape index (κ1) is 19.2. The quantitative estimate of drug-likeness (QED) is 0.536. The molecule has 8 heteroatoms. The van der Waals surface area contributed by atoms with Crippen LogP contribution in [0.15, 0.2) is 28.9 Å². The largest absolute Gasteiger partial charge is 0.465 e. The molecule has 0 bridgehead atoms. The lowest BCUT2D eigenvalue weighted by Gasteiger charge is -2.33. The Labute approximate surface area is 147 Å². The number of rotatable bonds is 7. The SMILES string of the molecule is CC[C@H](C)N(C(=O)COC(=O)/C=C/c1ccco1)[C@H]1CCS(=O)(=O)C1. The second-order valence-corrected chi connectivity index (χ2v) is 8.30. The number of hydrogen-bond acceptors (Lipinski definition) is 6. The van der Waals surface area contributed by atoms with Gasteiger partial charge in [0.2, 0.25) is 0 Å². The monoisotopic (exact) mass is 369 g/mol. The zero-order valence-electron chi connectivity index (χ0n) is 14.4. The topological polar surface area (TPSA) is 93.9 Å². The fourth-order valence-corrected chi connectivity index (χ4v) is 4.50. The number of hydrogen-bond donors (Lipinski definition) is 0. The summed E-state index contributed by atoms with van der Waals surface area (Å²) in [7, 11) is -3.10. The molecule has 2 heterocycles. The molecular formula is C17H23NO6S. The Balaban J connectivity index is 1.94. The number of sulfone groups is 1. The molecule has 0 radical (unpaired) electrons. The Morgan fingerprint density at radius 1 is 1.48 bits per heavy atom. The average molecular weight is 369 g/mol. The summed E-state index contributed by atoms with van der Waals surface area (Å²) in [6.45, 7) is 3.37. The van der Waals surface area contributed by atoms with E-state index in [1.54, 1.807) is 17.0 Å². The fourth-order valence-electron chi connectivity index (χ4n) is 2.79. The summed E-state index contributed by atoms with van der Waals surface area (Å²) in [6.07, 6.45) is 5.22. The molecular weight excluding hydrogens is 346 g/mol. The van der Waals surface area contributed by atoms with Gasteiger partial charge in [0.05, 0.1) is 17.8 Å². The van der Waals surface area contributed by atoms with Gasteiger partial charge in [-0.3, -0.25) is 4.79 Å². The molecule has 0 aromatic carbocycles. The van der Waals surface area contributed by atoms with Crippen molar-refractivity contribution in [2.75, 3.05) is 18.1 Å². The van der Waals surface area contributed by atoms with Gasteiger partial charge in [-0.1, -0.05) is 6.92 Å². The predicted octanol–water partition coefficient (Wildman–Crippen LogP) is 1.65. The van der Waals surface area contributed by atoms with E-state index in [-0.39, 0.29) is 29.5 Å². The lowest BCUT2D eigenvalue weighted by molar-refractivity contribution is -0.150. The van der Waals surface area contributed by atoms with Gasteiger partial charge in [-0.15, -0.1) is 0 Å². The zero-order chi connectivity index (χ0) is 18.4. The number of carbonyl (C=O) groups is 2. The molecule has 0 spiro atoms. The molecule has 7 nitrogen and oxygen atoms in total. The van der Waals surface area contributed by atoms with E-state index in [0.29, 0.717) is 18.6 Å². The Bertz CT molecular complexity index is 722.